The number of carbonyl (C=O) groups is 2. The maximum absolute atomic E-state index is 13.9. The summed E-state index contributed by atoms with van der Waals surface area (Å²) in [6.45, 7) is 1.32. The number of amides is 2. The number of hydrogen-bond acceptors (Lipinski definition) is 7. The summed E-state index contributed by atoms with van der Waals surface area (Å²) in [5, 5.41) is 3.53. The maximum Gasteiger partial charge on any atom is 0.261 e. The number of morpholine rings is 1. The fourth-order valence-corrected chi connectivity index (χ4v) is 6.55. The van der Waals surface area contributed by atoms with E-state index in [1.165, 1.54) is 33.5 Å². The van der Waals surface area contributed by atoms with Gasteiger partial charge in [-0.2, -0.15) is 4.31 Å². The lowest BCUT2D eigenvalue weighted by Crippen LogP contribution is -2.51. The average Bonchev–Trinajstić information content (AvgIpc) is 3.10. The molecule has 1 fully saturated rings. The van der Waals surface area contributed by atoms with E-state index in [1.54, 1.807) is 24.5 Å². The minimum atomic E-state index is -3.67. The normalized spacial score (nSPS) is 14.3. The van der Waals surface area contributed by atoms with Crippen LogP contribution in [0.25, 0.3) is 0 Å². The largest absolute Gasteiger partial charge is 0.484 e. The zero-order valence-corrected chi connectivity index (χ0v) is 26.7. The van der Waals surface area contributed by atoms with Gasteiger partial charge >= 0.3 is 0 Å². The van der Waals surface area contributed by atoms with E-state index in [0.29, 0.717) is 37.1 Å². The van der Waals surface area contributed by atoms with Gasteiger partial charge in [0.1, 0.15) is 11.8 Å². The molecule has 2 heterocycles. The van der Waals surface area contributed by atoms with Gasteiger partial charge in [0.2, 0.25) is 15.9 Å². The first kappa shape index (κ1) is 33.1. The minimum Gasteiger partial charge on any atom is -0.484 e. The van der Waals surface area contributed by atoms with Crippen molar-refractivity contribution in [1.29, 1.82) is 0 Å². The van der Waals surface area contributed by atoms with E-state index >= 15 is 0 Å². The molecular formula is C34H35ClN4O6S. The molecule has 0 bridgehead atoms. The van der Waals surface area contributed by atoms with Gasteiger partial charge in [-0.15, -0.1) is 0 Å². The monoisotopic (exact) mass is 662 g/mol. The van der Waals surface area contributed by atoms with Crippen LogP contribution in [0, 0.1) is 0 Å². The molecule has 1 aromatic heterocycles. The van der Waals surface area contributed by atoms with Crippen LogP contribution in [-0.4, -0.2) is 73.4 Å². The number of nitrogens with one attached hydrogen (secondary N) is 1. The molecule has 4 aromatic rings. The third-order valence-electron chi connectivity index (χ3n) is 7.55. The first-order valence-corrected chi connectivity index (χ1v) is 16.7. The van der Waals surface area contributed by atoms with Crippen LogP contribution in [0.5, 0.6) is 5.75 Å². The summed E-state index contributed by atoms with van der Waals surface area (Å²) >= 11 is 6.12. The molecule has 1 aliphatic heterocycles. The minimum absolute atomic E-state index is 0.131. The van der Waals surface area contributed by atoms with Crippen molar-refractivity contribution in [3.63, 3.8) is 0 Å². The molecule has 5 rings (SSSR count). The van der Waals surface area contributed by atoms with Crippen molar-refractivity contribution >= 4 is 33.4 Å². The van der Waals surface area contributed by atoms with Crippen LogP contribution >= 0.6 is 11.6 Å². The van der Waals surface area contributed by atoms with Gasteiger partial charge in [-0.25, -0.2) is 8.42 Å². The third-order valence-corrected chi connectivity index (χ3v) is 9.71. The Bertz CT molecular complexity index is 1690. The predicted molar refractivity (Wildman–Crippen MR) is 174 cm³/mol. The van der Waals surface area contributed by atoms with Crippen LogP contribution in [0.15, 0.2) is 108 Å². The van der Waals surface area contributed by atoms with Crippen molar-refractivity contribution < 1.29 is 27.5 Å². The van der Waals surface area contributed by atoms with Gasteiger partial charge in [0.25, 0.3) is 5.91 Å². The zero-order chi connectivity index (χ0) is 32.4. The Labute approximate surface area is 274 Å². The van der Waals surface area contributed by atoms with E-state index in [4.69, 9.17) is 21.1 Å². The predicted octanol–water partition coefficient (Wildman–Crippen LogP) is 4.09. The van der Waals surface area contributed by atoms with E-state index in [0.717, 1.165) is 16.7 Å². The molecule has 0 spiro atoms. The fourth-order valence-electron chi connectivity index (χ4n) is 5.02. The van der Waals surface area contributed by atoms with Crippen LogP contribution in [0.2, 0.25) is 5.02 Å². The standard InChI is InChI=1S/C34H35ClN4O6S/c35-29-8-6-28(7-9-29)24-39(32(22-26-4-2-1-3-5-26)34(41)37-23-27-14-16-36-17-15-27)33(40)25-45-30-10-12-31(13-11-30)46(42,43)38-18-20-44-21-19-38/h1-17,32H,18-25H2,(H,37,41)/t32-/m1/s1. The molecule has 0 saturated carbocycles. The molecule has 0 radical (unpaired) electrons. The second-order valence-corrected chi connectivity index (χ2v) is 13.1. The van der Waals surface area contributed by atoms with E-state index in [1.807, 2.05) is 54.6 Å². The quantitative estimate of drug-likeness (QED) is 0.229. The number of benzene rings is 3. The third kappa shape index (κ3) is 8.91. The van der Waals surface area contributed by atoms with Crippen LogP contribution < -0.4 is 10.1 Å². The molecule has 0 unspecified atom stereocenters. The number of halogens is 1. The summed E-state index contributed by atoms with van der Waals surface area (Å²) in [7, 11) is -3.67. The van der Waals surface area contributed by atoms with E-state index in [2.05, 4.69) is 10.3 Å². The Hall–Kier alpha value is -4.29. The van der Waals surface area contributed by atoms with Gasteiger partial charge < -0.3 is 19.7 Å². The van der Waals surface area contributed by atoms with Crippen molar-refractivity contribution in [2.24, 2.45) is 0 Å². The first-order chi connectivity index (χ1) is 22.3. The number of rotatable bonds is 13. The zero-order valence-electron chi connectivity index (χ0n) is 25.1. The second-order valence-electron chi connectivity index (χ2n) is 10.7. The Balaban J connectivity index is 1.35. The number of ether oxygens (including phenoxy) is 2. The topological polar surface area (TPSA) is 118 Å². The second kappa shape index (κ2) is 15.8. The Morgan fingerprint density at radius 3 is 2.24 bits per heavy atom. The SMILES string of the molecule is O=C(NCc1ccncc1)[C@@H](Cc1ccccc1)N(Cc1ccc(Cl)cc1)C(=O)COc1ccc(S(=O)(=O)N2CCOCC2)cc1. The molecule has 12 heteroatoms. The molecule has 10 nitrogen and oxygen atoms in total. The van der Waals surface area contributed by atoms with Crippen LogP contribution in [0.4, 0.5) is 0 Å². The first-order valence-electron chi connectivity index (χ1n) is 14.8. The molecule has 1 atom stereocenters. The molecule has 0 aliphatic carbocycles. The molecule has 240 valence electrons. The number of aromatic nitrogens is 1. The summed E-state index contributed by atoms with van der Waals surface area (Å²) < 4.78 is 38.5. The van der Waals surface area contributed by atoms with Gasteiger partial charge in [-0.1, -0.05) is 54.1 Å². The highest BCUT2D eigenvalue weighted by molar-refractivity contribution is 7.89. The van der Waals surface area contributed by atoms with Crippen molar-refractivity contribution in [1.82, 2.24) is 19.5 Å². The maximum atomic E-state index is 13.9. The smallest absolute Gasteiger partial charge is 0.261 e. The lowest BCUT2D eigenvalue weighted by molar-refractivity contribution is -0.142. The van der Waals surface area contributed by atoms with Crippen molar-refractivity contribution in [3.8, 4) is 5.75 Å². The number of pyridine rings is 1. The Morgan fingerprint density at radius 2 is 1.57 bits per heavy atom. The van der Waals surface area contributed by atoms with E-state index < -0.39 is 22.0 Å². The lowest BCUT2D eigenvalue weighted by Gasteiger charge is -2.31. The highest BCUT2D eigenvalue weighted by Crippen LogP contribution is 2.22. The van der Waals surface area contributed by atoms with E-state index in [9.17, 15) is 18.0 Å². The van der Waals surface area contributed by atoms with Gasteiger partial charge in [0.05, 0.1) is 18.1 Å². The van der Waals surface area contributed by atoms with Gasteiger partial charge in [-0.05, 0) is 65.2 Å². The highest BCUT2D eigenvalue weighted by atomic mass is 35.5. The molecule has 1 N–H and O–H groups in total. The molecular weight excluding hydrogens is 628 g/mol. The van der Waals surface area contributed by atoms with Crippen LogP contribution in [0.1, 0.15) is 16.7 Å². The number of sulfonamides is 1. The molecule has 3 aromatic carbocycles. The summed E-state index contributed by atoms with van der Waals surface area (Å²) in [5.41, 5.74) is 2.55. The van der Waals surface area contributed by atoms with Crippen LogP contribution in [-0.2, 0) is 43.9 Å². The van der Waals surface area contributed by atoms with E-state index in [-0.39, 0.29) is 36.9 Å². The average molecular weight is 663 g/mol. The fraction of sp³-hybridized carbons (Fsp3) is 0.265. The lowest BCUT2D eigenvalue weighted by atomic mass is 10.0. The molecule has 1 aliphatic rings. The van der Waals surface area contributed by atoms with Crippen LogP contribution in [0.3, 0.4) is 0 Å². The van der Waals surface area contributed by atoms with Crippen molar-refractivity contribution in [2.75, 3.05) is 32.9 Å². The van der Waals surface area contributed by atoms with Crippen molar-refractivity contribution in [3.05, 3.63) is 125 Å². The number of nitrogens with zero attached hydrogens (tertiary/aromatic N) is 3. The van der Waals surface area contributed by atoms with Gasteiger partial charge in [-0.3, -0.25) is 14.6 Å². The summed E-state index contributed by atoms with van der Waals surface area (Å²) in [4.78, 5) is 33.4. The highest BCUT2D eigenvalue weighted by Gasteiger charge is 2.31. The Morgan fingerprint density at radius 1 is 0.891 bits per heavy atom. The van der Waals surface area contributed by atoms with Crippen molar-refractivity contribution in [2.45, 2.75) is 30.4 Å². The molecule has 2 amide bonds. The molecule has 1 saturated heterocycles. The van der Waals surface area contributed by atoms with Gasteiger partial charge in [0.15, 0.2) is 6.61 Å². The van der Waals surface area contributed by atoms with Gasteiger partial charge in [0, 0.05) is 50.0 Å². The summed E-state index contributed by atoms with van der Waals surface area (Å²) in [6, 6.07) is 25.3. The summed E-state index contributed by atoms with van der Waals surface area (Å²) in [5.74, 6) is -0.414. The number of carbonyl (C=O) groups excluding carboxylic acids is 2. The Kier molecular flexibility index (Phi) is 11.4. The summed E-state index contributed by atoms with van der Waals surface area (Å²) in [6.07, 6.45) is 3.58. The number of hydrogen-bond donors (Lipinski definition) is 1. The molecule has 46 heavy (non-hydrogen) atoms.